The summed E-state index contributed by atoms with van der Waals surface area (Å²) in [6.07, 6.45) is 1.10. The van der Waals surface area contributed by atoms with Crippen LogP contribution in [0.15, 0.2) is 24.3 Å². The molecule has 0 radical (unpaired) electrons. The van der Waals surface area contributed by atoms with Crippen molar-refractivity contribution < 1.29 is 17.9 Å². The standard InChI is InChI=1S/C14H22N2O4S/c1-12-5-4-6-13(9-12)10-16(21(3,18)19)11-14(17)15-7-8-20-2/h4-6,9H,7-8,10-11H2,1-3H3,(H,15,17). The molecule has 6 nitrogen and oxygen atoms in total. The van der Waals surface area contributed by atoms with Gasteiger partial charge in [-0.2, -0.15) is 4.31 Å². The number of benzene rings is 1. The summed E-state index contributed by atoms with van der Waals surface area (Å²) >= 11 is 0. The fourth-order valence-electron chi connectivity index (χ4n) is 1.81. The van der Waals surface area contributed by atoms with Crippen LogP contribution in [0.5, 0.6) is 0 Å². The van der Waals surface area contributed by atoms with E-state index >= 15 is 0 Å². The number of nitrogens with one attached hydrogen (secondary N) is 1. The highest BCUT2D eigenvalue weighted by atomic mass is 32.2. The third kappa shape index (κ3) is 6.70. The summed E-state index contributed by atoms with van der Waals surface area (Å²) in [5.41, 5.74) is 1.90. The molecule has 0 aliphatic heterocycles. The van der Waals surface area contributed by atoms with Crippen LogP contribution in [-0.2, 0) is 26.1 Å². The van der Waals surface area contributed by atoms with Crippen LogP contribution in [0, 0.1) is 6.92 Å². The second kappa shape index (κ2) is 8.11. The zero-order valence-corrected chi connectivity index (χ0v) is 13.4. The lowest BCUT2D eigenvalue weighted by molar-refractivity contribution is -0.121. The molecule has 1 aromatic rings. The number of aryl methyl sites for hydroxylation is 1. The van der Waals surface area contributed by atoms with Crippen molar-refractivity contribution in [2.45, 2.75) is 13.5 Å². The van der Waals surface area contributed by atoms with E-state index in [4.69, 9.17) is 4.74 Å². The minimum Gasteiger partial charge on any atom is -0.383 e. The van der Waals surface area contributed by atoms with Gasteiger partial charge < -0.3 is 10.1 Å². The van der Waals surface area contributed by atoms with Gasteiger partial charge in [-0.25, -0.2) is 8.42 Å². The normalized spacial score (nSPS) is 11.6. The van der Waals surface area contributed by atoms with Gasteiger partial charge in [0.2, 0.25) is 15.9 Å². The number of carbonyl (C=O) groups is 1. The van der Waals surface area contributed by atoms with Gasteiger partial charge in [-0.3, -0.25) is 4.79 Å². The Balaban J connectivity index is 2.71. The molecule has 118 valence electrons. The smallest absolute Gasteiger partial charge is 0.235 e. The summed E-state index contributed by atoms with van der Waals surface area (Å²) in [5.74, 6) is -0.342. The molecule has 1 aromatic carbocycles. The summed E-state index contributed by atoms with van der Waals surface area (Å²) in [7, 11) is -1.93. The van der Waals surface area contributed by atoms with Crippen molar-refractivity contribution in [2.24, 2.45) is 0 Å². The molecule has 0 heterocycles. The summed E-state index contributed by atoms with van der Waals surface area (Å²) in [6, 6.07) is 7.55. The molecule has 0 fully saturated rings. The fraction of sp³-hybridized carbons (Fsp3) is 0.500. The van der Waals surface area contributed by atoms with Crippen LogP contribution in [0.3, 0.4) is 0 Å². The Hall–Kier alpha value is -1.44. The second-order valence-corrected chi connectivity index (χ2v) is 6.85. The van der Waals surface area contributed by atoms with Crippen LogP contribution in [0.1, 0.15) is 11.1 Å². The zero-order chi connectivity index (χ0) is 15.9. The minimum atomic E-state index is -3.46. The van der Waals surface area contributed by atoms with Gasteiger partial charge in [0.15, 0.2) is 0 Å². The Morgan fingerprint density at radius 2 is 2.10 bits per heavy atom. The van der Waals surface area contributed by atoms with Crippen molar-refractivity contribution in [1.29, 1.82) is 0 Å². The van der Waals surface area contributed by atoms with Crippen molar-refractivity contribution in [3.63, 3.8) is 0 Å². The average molecular weight is 314 g/mol. The van der Waals surface area contributed by atoms with Crippen molar-refractivity contribution in [2.75, 3.05) is 33.1 Å². The number of rotatable bonds is 8. The van der Waals surface area contributed by atoms with Crippen molar-refractivity contribution in [1.82, 2.24) is 9.62 Å². The number of hydrogen-bond acceptors (Lipinski definition) is 4. The van der Waals surface area contributed by atoms with Gasteiger partial charge in [-0.15, -0.1) is 0 Å². The third-order valence-electron chi connectivity index (χ3n) is 2.86. The molecule has 0 aromatic heterocycles. The molecule has 21 heavy (non-hydrogen) atoms. The highest BCUT2D eigenvalue weighted by molar-refractivity contribution is 7.88. The molecule has 0 saturated carbocycles. The lowest BCUT2D eigenvalue weighted by atomic mass is 10.1. The first-order valence-corrected chi connectivity index (χ1v) is 8.44. The van der Waals surface area contributed by atoms with E-state index in [0.717, 1.165) is 21.7 Å². The van der Waals surface area contributed by atoms with Gasteiger partial charge in [-0.05, 0) is 12.5 Å². The molecule has 0 aliphatic carbocycles. The molecule has 0 spiro atoms. The largest absolute Gasteiger partial charge is 0.383 e. The van der Waals surface area contributed by atoms with Gasteiger partial charge in [0.25, 0.3) is 0 Å². The fourth-order valence-corrected chi connectivity index (χ4v) is 2.55. The Kier molecular flexibility index (Phi) is 6.80. The number of methoxy groups -OCH3 is 1. The second-order valence-electron chi connectivity index (χ2n) is 4.86. The SMILES string of the molecule is COCCNC(=O)CN(Cc1cccc(C)c1)S(C)(=O)=O. The topological polar surface area (TPSA) is 75.7 Å². The maximum Gasteiger partial charge on any atom is 0.235 e. The molecule has 0 bridgehead atoms. The molecule has 1 N–H and O–H groups in total. The van der Waals surface area contributed by atoms with E-state index in [1.54, 1.807) is 0 Å². The monoisotopic (exact) mass is 314 g/mol. The molecule has 7 heteroatoms. The first-order valence-electron chi connectivity index (χ1n) is 6.59. The molecule has 0 saturated heterocycles. The Bertz CT molecular complexity index is 572. The van der Waals surface area contributed by atoms with Crippen molar-refractivity contribution in [3.05, 3.63) is 35.4 Å². The van der Waals surface area contributed by atoms with Crippen LogP contribution in [0.4, 0.5) is 0 Å². The minimum absolute atomic E-state index is 0.179. The highest BCUT2D eigenvalue weighted by Crippen LogP contribution is 2.10. The number of nitrogens with zero attached hydrogens (tertiary/aromatic N) is 1. The predicted molar refractivity (Wildman–Crippen MR) is 81.3 cm³/mol. The van der Waals surface area contributed by atoms with E-state index in [-0.39, 0.29) is 19.0 Å². The third-order valence-corrected chi connectivity index (χ3v) is 4.05. The number of sulfonamides is 1. The van der Waals surface area contributed by atoms with E-state index in [1.807, 2.05) is 31.2 Å². The van der Waals surface area contributed by atoms with Gasteiger partial charge in [0.1, 0.15) is 0 Å². The summed E-state index contributed by atoms with van der Waals surface area (Å²) in [5, 5.41) is 2.61. The molecule has 1 rings (SSSR count). The Morgan fingerprint density at radius 1 is 1.38 bits per heavy atom. The quantitative estimate of drug-likeness (QED) is 0.710. The Morgan fingerprint density at radius 3 is 2.67 bits per heavy atom. The zero-order valence-electron chi connectivity index (χ0n) is 12.6. The van der Waals surface area contributed by atoms with Gasteiger partial charge in [0, 0.05) is 20.2 Å². The van der Waals surface area contributed by atoms with Crippen molar-refractivity contribution >= 4 is 15.9 Å². The van der Waals surface area contributed by atoms with Crippen LogP contribution in [-0.4, -0.2) is 51.7 Å². The van der Waals surface area contributed by atoms with Gasteiger partial charge >= 0.3 is 0 Å². The van der Waals surface area contributed by atoms with Crippen LogP contribution in [0.25, 0.3) is 0 Å². The maximum absolute atomic E-state index is 11.8. The molecule has 0 aliphatic rings. The molecule has 1 amide bonds. The van der Waals surface area contributed by atoms with E-state index in [0.29, 0.717) is 13.2 Å². The summed E-state index contributed by atoms with van der Waals surface area (Å²) < 4.78 is 29.6. The first-order chi connectivity index (χ1) is 9.82. The number of amides is 1. The van der Waals surface area contributed by atoms with E-state index in [1.165, 1.54) is 7.11 Å². The first kappa shape index (κ1) is 17.6. The van der Waals surface area contributed by atoms with Crippen LogP contribution in [0.2, 0.25) is 0 Å². The number of carbonyl (C=O) groups excluding carboxylic acids is 1. The van der Waals surface area contributed by atoms with E-state index in [9.17, 15) is 13.2 Å². The predicted octanol–water partition coefficient (Wildman–Crippen LogP) is 0.519. The molecule has 0 atom stereocenters. The van der Waals surface area contributed by atoms with E-state index in [2.05, 4.69) is 5.32 Å². The maximum atomic E-state index is 11.8. The van der Waals surface area contributed by atoms with Crippen LogP contribution >= 0.6 is 0 Å². The molecular formula is C14H22N2O4S. The summed E-state index contributed by atoms with van der Waals surface area (Å²) in [6.45, 7) is 2.67. The van der Waals surface area contributed by atoms with Gasteiger partial charge in [-0.1, -0.05) is 29.8 Å². The van der Waals surface area contributed by atoms with Gasteiger partial charge in [0.05, 0.1) is 19.4 Å². The number of hydrogen-bond donors (Lipinski definition) is 1. The lowest BCUT2D eigenvalue weighted by Crippen LogP contribution is -2.40. The van der Waals surface area contributed by atoms with Crippen molar-refractivity contribution in [3.8, 4) is 0 Å². The highest BCUT2D eigenvalue weighted by Gasteiger charge is 2.20. The Labute approximate surface area is 126 Å². The number of ether oxygens (including phenoxy) is 1. The molecule has 0 unspecified atom stereocenters. The average Bonchev–Trinajstić information content (AvgIpc) is 2.37. The van der Waals surface area contributed by atoms with E-state index < -0.39 is 10.0 Å². The summed E-state index contributed by atoms with van der Waals surface area (Å²) in [4.78, 5) is 11.8. The van der Waals surface area contributed by atoms with Crippen LogP contribution < -0.4 is 5.32 Å². The lowest BCUT2D eigenvalue weighted by Gasteiger charge is -2.19. The molecular weight excluding hydrogens is 292 g/mol.